The van der Waals surface area contributed by atoms with E-state index < -0.39 is 0 Å². The fraction of sp³-hybridized carbons (Fsp3) is 0.889. The molecule has 4 N–H and O–H groups in total. The lowest BCUT2D eigenvalue weighted by Gasteiger charge is -2.32. The van der Waals surface area contributed by atoms with Crippen LogP contribution in [0, 0.1) is 0 Å². The van der Waals surface area contributed by atoms with Gasteiger partial charge in [-0.3, -0.25) is 4.79 Å². The lowest BCUT2D eigenvalue weighted by atomic mass is 10.1. The first-order chi connectivity index (χ1) is 6.15. The van der Waals surface area contributed by atoms with E-state index in [1.165, 1.54) is 0 Å². The number of nitrogens with two attached hydrogens (primary N) is 2. The first-order valence-electron chi connectivity index (χ1n) is 4.95. The Morgan fingerprint density at radius 2 is 2.29 bits per heavy atom. The molecule has 0 spiro atoms. The second-order valence-corrected chi connectivity index (χ2v) is 3.70. The van der Waals surface area contributed by atoms with Gasteiger partial charge >= 0.3 is 0 Å². The number of carbonyl (C=O) groups excluding carboxylic acids is 1. The van der Waals surface area contributed by atoms with Crippen LogP contribution in [0.3, 0.4) is 0 Å². The molecule has 0 aromatic carbocycles. The van der Waals surface area contributed by atoms with Crippen molar-refractivity contribution in [3.63, 3.8) is 0 Å². The maximum atomic E-state index is 11.6. The second-order valence-electron chi connectivity index (χ2n) is 3.70. The molecule has 1 fully saturated rings. The highest BCUT2D eigenvalue weighted by atomic mass is 35.5. The molecule has 0 aromatic rings. The van der Waals surface area contributed by atoms with E-state index in [2.05, 4.69) is 0 Å². The summed E-state index contributed by atoms with van der Waals surface area (Å²) in [6.07, 6.45) is 2.72. The monoisotopic (exact) mass is 221 g/mol. The third-order valence-electron chi connectivity index (χ3n) is 2.53. The molecule has 1 aliphatic rings. The van der Waals surface area contributed by atoms with Crippen LogP contribution in [0.4, 0.5) is 0 Å². The molecule has 0 aromatic heterocycles. The van der Waals surface area contributed by atoms with E-state index in [1.807, 2.05) is 6.92 Å². The average Bonchev–Trinajstić information content (AvgIpc) is 2.15. The van der Waals surface area contributed by atoms with Crippen molar-refractivity contribution in [2.24, 2.45) is 11.5 Å². The predicted octanol–water partition coefficient (Wildman–Crippen LogP) is 0.0952. The number of nitrogens with zero attached hydrogens (tertiary/aromatic N) is 1. The average molecular weight is 222 g/mol. The van der Waals surface area contributed by atoms with Crippen molar-refractivity contribution in [3.05, 3.63) is 0 Å². The van der Waals surface area contributed by atoms with Crippen LogP contribution in [-0.2, 0) is 4.79 Å². The quantitative estimate of drug-likeness (QED) is 0.695. The molecule has 84 valence electrons. The number of halogens is 1. The lowest BCUT2D eigenvalue weighted by molar-refractivity contribution is -0.133. The molecular formula is C9H20ClN3O. The van der Waals surface area contributed by atoms with Crippen molar-refractivity contribution >= 4 is 18.3 Å². The minimum absolute atomic E-state index is 0. The summed E-state index contributed by atoms with van der Waals surface area (Å²) in [5, 5.41) is 0. The summed E-state index contributed by atoms with van der Waals surface area (Å²) < 4.78 is 0. The summed E-state index contributed by atoms with van der Waals surface area (Å²) in [5.41, 5.74) is 11.4. The molecule has 4 nitrogen and oxygen atoms in total. The third kappa shape index (κ3) is 3.44. The number of carbonyl (C=O) groups is 1. The van der Waals surface area contributed by atoms with Crippen LogP contribution in [-0.4, -0.2) is 36.0 Å². The van der Waals surface area contributed by atoms with Gasteiger partial charge in [-0.15, -0.1) is 12.4 Å². The molecule has 14 heavy (non-hydrogen) atoms. The molecular weight excluding hydrogens is 202 g/mol. The van der Waals surface area contributed by atoms with Crippen LogP contribution in [0.15, 0.2) is 0 Å². The first kappa shape index (κ1) is 13.7. The Morgan fingerprint density at radius 1 is 1.64 bits per heavy atom. The van der Waals surface area contributed by atoms with Crippen LogP contribution >= 0.6 is 12.4 Å². The molecule has 0 radical (unpaired) electrons. The van der Waals surface area contributed by atoms with Crippen molar-refractivity contribution < 1.29 is 4.79 Å². The third-order valence-corrected chi connectivity index (χ3v) is 2.53. The highest BCUT2D eigenvalue weighted by molar-refractivity contribution is 5.85. The Hall–Kier alpha value is -0.320. The van der Waals surface area contributed by atoms with Gasteiger partial charge < -0.3 is 16.4 Å². The zero-order valence-electron chi connectivity index (χ0n) is 8.61. The van der Waals surface area contributed by atoms with Gasteiger partial charge in [-0.25, -0.2) is 0 Å². The Kier molecular flexibility index (Phi) is 6.08. The smallest absolute Gasteiger partial charge is 0.239 e. The first-order valence-corrected chi connectivity index (χ1v) is 4.95. The number of hydrogen-bond donors (Lipinski definition) is 2. The zero-order chi connectivity index (χ0) is 9.84. The topological polar surface area (TPSA) is 72.4 Å². The van der Waals surface area contributed by atoms with E-state index in [0.29, 0.717) is 13.0 Å². The van der Waals surface area contributed by atoms with E-state index in [9.17, 15) is 4.79 Å². The fourth-order valence-electron chi connectivity index (χ4n) is 1.62. The van der Waals surface area contributed by atoms with Crippen molar-refractivity contribution in [1.82, 2.24) is 4.90 Å². The van der Waals surface area contributed by atoms with E-state index in [1.54, 1.807) is 4.90 Å². The molecule has 1 rings (SSSR count). The number of hydrogen-bond acceptors (Lipinski definition) is 3. The van der Waals surface area contributed by atoms with E-state index in [4.69, 9.17) is 11.5 Å². The second kappa shape index (κ2) is 6.22. The van der Waals surface area contributed by atoms with Gasteiger partial charge in [0.1, 0.15) is 0 Å². The molecule has 1 heterocycles. The summed E-state index contributed by atoms with van der Waals surface area (Å²) in [4.78, 5) is 13.4. The van der Waals surface area contributed by atoms with Gasteiger partial charge in [-0.05, 0) is 19.3 Å². The normalized spacial score (nSPS) is 23.9. The lowest BCUT2D eigenvalue weighted by Crippen LogP contribution is -2.51. The molecule has 1 amide bonds. The van der Waals surface area contributed by atoms with Gasteiger partial charge in [0.25, 0.3) is 0 Å². The summed E-state index contributed by atoms with van der Waals surface area (Å²) in [6.45, 7) is 3.42. The van der Waals surface area contributed by atoms with E-state index in [0.717, 1.165) is 19.4 Å². The SMILES string of the molecule is CC[C@H](N)C(=O)N1CCCC(N)C1.Cl. The Bertz CT molecular complexity index is 189. The minimum atomic E-state index is -0.342. The summed E-state index contributed by atoms with van der Waals surface area (Å²) in [6, 6.07) is -0.202. The Morgan fingerprint density at radius 3 is 2.79 bits per heavy atom. The van der Waals surface area contributed by atoms with Crippen molar-refractivity contribution in [2.45, 2.75) is 38.3 Å². The summed E-state index contributed by atoms with van der Waals surface area (Å²) in [5.74, 6) is 0.0534. The Labute approximate surface area is 91.4 Å². The molecule has 1 saturated heterocycles. The number of likely N-dealkylation sites (tertiary alicyclic amines) is 1. The number of rotatable bonds is 2. The van der Waals surface area contributed by atoms with Gasteiger partial charge in [0.05, 0.1) is 6.04 Å². The minimum Gasteiger partial charge on any atom is -0.340 e. The molecule has 0 bridgehead atoms. The predicted molar refractivity (Wildman–Crippen MR) is 59.3 cm³/mol. The van der Waals surface area contributed by atoms with Crippen molar-refractivity contribution in [3.8, 4) is 0 Å². The molecule has 2 atom stereocenters. The van der Waals surface area contributed by atoms with Crippen molar-refractivity contribution in [2.75, 3.05) is 13.1 Å². The number of amides is 1. The highest BCUT2D eigenvalue weighted by Crippen LogP contribution is 2.09. The van der Waals surface area contributed by atoms with Crippen LogP contribution in [0.5, 0.6) is 0 Å². The van der Waals surface area contributed by atoms with Crippen LogP contribution in [0.1, 0.15) is 26.2 Å². The zero-order valence-corrected chi connectivity index (χ0v) is 9.43. The largest absolute Gasteiger partial charge is 0.340 e. The number of piperidine rings is 1. The molecule has 0 saturated carbocycles. The highest BCUT2D eigenvalue weighted by Gasteiger charge is 2.24. The maximum absolute atomic E-state index is 11.6. The molecule has 0 aliphatic carbocycles. The van der Waals surface area contributed by atoms with Crippen LogP contribution < -0.4 is 11.5 Å². The summed E-state index contributed by atoms with van der Waals surface area (Å²) >= 11 is 0. The van der Waals surface area contributed by atoms with Gasteiger partial charge in [-0.1, -0.05) is 6.92 Å². The molecule has 1 aliphatic heterocycles. The maximum Gasteiger partial charge on any atom is 0.239 e. The van der Waals surface area contributed by atoms with Crippen molar-refractivity contribution in [1.29, 1.82) is 0 Å². The van der Waals surface area contributed by atoms with E-state index >= 15 is 0 Å². The standard InChI is InChI=1S/C9H19N3O.ClH/c1-2-8(11)9(13)12-5-3-4-7(10)6-12;/h7-8H,2-6,10-11H2,1H3;1H/t7?,8-;/m0./s1. The van der Waals surface area contributed by atoms with Crippen LogP contribution in [0.25, 0.3) is 0 Å². The van der Waals surface area contributed by atoms with Gasteiger partial charge in [0.15, 0.2) is 0 Å². The Balaban J connectivity index is 0.00000169. The fourth-order valence-corrected chi connectivity index (χ4v) is 1.62. The molecule has 1 unspecified atom stereocenters. The van der Waals surface area contributed by atoms with Gasteiger partial charge in [-0.2, -0.15) is 0 Å². The molecule has 5 heteroatoms. The van der Waals surface area contributed by atoms with Gasteiger partial charge in [0, 0.05) is 19.1 Å². The van der Waals surface area contributed by atoms with Crippen LogP contribution in [0.2, 0.25) is 0 Å². The van der Waals surface area contributed by atoms with E-state index in [-0.39, 0.29) is 30.4 Å². The van der Waals surface area contributed by atoms with Gasteiger partial charge in [0.2, 0.25) is 5.91 Å². The summed E-state index contributed by atoms with van der Waals surface area (Å²) in [7, 11) is 0.